The number of ether oxygens (including phenoxy) is 2. The number of hydrogen-bond donors (Lipinski definition) is 1. The fraction of sp³-hybridized carbons (Fsp3) is 0.429. The highest BCUT2D eigenvalue weighted by Crippen LogP contribution is 2.33. The molecule has 1 N–H and O–H groups in total. The van der Waals surface area contributed by atoms with Crippen LogP contribution in [-0.4, -0.2) is 43.0 Å². The van der Waals surface area contributed by atoms with Crippen LogP contribution >= 0.6 is 0 Å². The van der Waals surface area contributed by atoms with Gasteiger partial charge in [-0.25, -0.2) is 0 Å². The van der Waals surface area contributed by atoms with Crippen LogP contribution in [0.25, 0.3) is 0 Å². The molecule has 2 aromatic rings. The van der Waals surface area contributed by atoms with Gasteiger partial charge in [-0.1, -0.05) is 12.1 Å². The van der Waals surface area contributed by atoms with Crippen LogP contribution in [0.15, 0.2) is 36.7 Å². The minimum atomic E-state index is -0.401. The molecule has 2 fully saturated rings. The molecule has 6 nitrogen and oxygen atoms in total. The molecule has 0 saturated carbocycles. The Morgan fingerprint density at radius 3 is 2.59 bits per heavy atom. The van der Waals surface area contributed by atoms with Gasteiger partial charge in [0.25, 0.3) is 5.91 Å². The Hall–Kier alpha value is -2.44. The van der Waals surface area contributed by atoms with Gasteiger partial charge in [0.2, 0.25) is 0 Å². The minimum Gasteiger partial charge on any atom is -0.370 e. The number of carbonyl (C=O) groups excluding carboxylic acids is 1. The summed E-state index contributed by atoms with van der Waals surface area (Å²) in [5.74, 6) is -0.546. The number of nitrogens with one attached hydrogen (secondary N) is 1. The van der Waals surface area contributed by atoms with E-state index in [0.29, 0.717) is 18.8 Å². The first-order valence-electron chi connectivity index (χ1n) is 9.41. The average Bonchev–Trinajstić information content (AvgIpc) is 3.13. The molecule has 2 aliphatic heterocycles. The van der Waals surface area contributed by atoms with E-state index in [1.165, 1.54) is 0 Å². The van der Waals surface area contributed by atoms with Crippen LogP contribution in [0.2, 0.25) is 0 Å². The molecule has 0 radical (unpaired) electrons. The van der Waals surface area contributed by atoms with Crippen molar-refractivity contribution in [3.05, 3.63) is 53.3 Å². The van der Waals surface area contributed by atoms with Crippen LogP contribution < -0.4 is 10.2 Å². The Morgan fingerprint density at radius 2 is 1.85 bits per heavy atom. The largest absolute Gasteiger partial charge is 0.370 e. The quantitative estimate of drug-likeness (QED) is 0.902. The number of aromatic nitrogens is 1. The molecule has 142 valence electrons. The lowest BCUT2D eigenvalue weighted by Crippen LogP contribution is -2.45. The van der Waals surface area contributed by atoms with Gasteiger partial charge in [0.1, 0.15) is 0 Å². The average molecular weight is 367 g/mol. The number of benzene rings is 1. The number of hydrogen-bond acceptors (Lipinski definition) is 5. The summed E-state index contributed by atoms with van der Waals surface area (Å²) >= 11 is 0. The lowest BCUT2D eigenvalue weighted by atomic mass is 10.0. The number of nitrogens with zero attached hydrogens (tertiary/aromatic N) is 2. The number of rotatable bonds is 3. The Bertz CT molecular complexity index is 836. The van der Waals surface area contributed by atoms with Crippen LogP contribution in [0.1, 0.15) is 34.3 Å². The summed E-state index contributed by atoms with van der Waals surface area (Å²) in [5, 5.41) is 3.00. The Morgan fingerprint density at radius 1 is 1.11 bits per heavy atom. The fourth-order valence-corrected chi connectivity index (χ4v) is 3.68. The standard InChI is InChI=1S/C21H25N3O3/c1-15-3-4-16(2)19(11-15)23-20(25)17-12-18(14-22-13-17)24-7-5-21(6-8-24)26-9-10-27-21/h3-4,11-14H,5-10H2,1-2H3,(H,23,25). The van der Waals surface area contributed by atoms with E-state index in [4.69, 9.17) is 9.47 Å². The van der Waals surface area contributed by atoms with E-state index < -0.39 is 5.79 Å². The molecule has 2 saturated heterocycles. The molecule has 0 bridgehead atoms. The van der Waals surface area contributed by atoms with Crippen molar-refractivity contribution in [2.45, 2.75) is 32.5 Å². The van der Waals surface area contributed by atoms with E-state index in [1.54, 1.807) is 6.20 Å². The van der Waals surface area contributed by atoms with Gasteiger partial charge in [-0.2, -0.15) is 0 Å². The van der Waals surface area contributed by atoms with Crippen molar-refractivity contribution < 1.29 is 14.3 Å². The summed E-state index contributed by atoms with van der Waals surface area (Å²) in [6.45, 7) is 7.00. The second kappa shape index (κ2) is 7.29. The maximum atomic E-state index is 12.7. The molecule has 0 aliphatic carbocycles. The molecule has 1 spiro atoms. The number of pyridine rings is 1. The number of aryl methyl sites for hydroxylation is 2. The maximum absolute atomic E-state index is 12.7. The first kappa shape index (κ1) is 17.9. The van der Waals surface area contributed by atoms with Crippen molar-refractivity contribution in [3.63, 3.8) is 0 Å². The van der Waals surface area contributed by atoms with Crippen molar-refractivity contribution in [1.82, 2.24) is 4.98 Å². The van der Waals surface area contributed by atoms with Gasteiger partial charge < -0.3 is 19.7 Å². The molecule has 0 atom stereocenters. The first-order chi connectivity index (χ1) is 13.0. The molecule has 27 heavy (non-hydrogen) atoms. The van der Waals surface area contributed by atoms with Gasteiger partial charge in [0.05, 0.1) is 30.7 Å². The van der Waals surface area contributed by atoms with Crippen LogP contribution in [0.5, 0.6) is 0 Å². The molecule has 1 aromatic carbocycles. The monoisotopic (exact) mass is 367 g/mol. The van der Waals surface area contributed by atoms with Crippen LogP contribution in [0, 0.1) is 13.8 Å². The number of carbonyl (C=O) groups is 1. The molecule has 6 heteroatoms. The van der Waals surface area contributed by atoms with E-state index in [-0.39, 0.29) is 5.91 Å². The highest BCUT2D eigenvalue weighted by atomic mass is 16.7. The SMILES string of the molecule is Cc1ccc(C)c(NC(=O)c2cncc(N3CCC4(CC3)OCCO4)c2)c1. The minimum absolute atomic E-state index is 0.144. The highest BCUT2D eigenvalue weighted by Gasteiger charge is 2.39. The fourth-order valence-electron chi connectivity index (χ4n) is 3.68. The van der Waals surface area contributed by atoms with Crippen LogP contribution in [0.4, 0.5) is 11.4 Å². The van der Waals surface area contributed by atoms with Gasteiger partial charge in [0.15, 0.2) is 5.79 Å². The lowest BCUT2D eigenvalue weighted by Gasteiger charge is -2.38. The van der Waals surface area contributed by atoms with Crippen molar-refractivity contribution in [1.29, 1.82) is 0 Å². The van der Waals surface area contributed by atoms with Crippen molar-refractivity contribution in [2.24, 2.45) is 0 Å². The van der Waals surface area contributed by atoms with E-state index in [9.17, 15) is 4.79 Å². The van der Waals surface area contributed by atoms with Gasteiger partial charge in [-0.3, -0.25) is 9.78 Å². The molecule has 1 amide bonds. The summed E-state index contributed by atoms with van der Waals surface area (Å²) in [4.78, 5) is 19.2. The van der Waals surface area contributed by atoms with E-state index >= 15 is 0 Å². The van der Waals surface area contributed by atoms with Gasteiger partial charge in [0, 0.05) is 37.8 Å². The zero-order valence-electron chi connectivity index (χ0n) is 15.8. The summed E-state index contributed by atoms with van der Waals surface area (Å²) < 4.78 is 11.6. The van der Waals surface area contributed by atoms with E-state index in [1.807, 2.05) is 44.3 Å². The second-order valence-electron chi connectivity index (χ2n) is 7.30. The highest BCUT2D eigenvalue weighted by molar-refractivity contribution is 6.05. The summed E-state index contributed by atoms with van der Waals surface area (Å²) in [6, 6.07) is 7.93. The molecular weight excluding hydrogens is 342 g/mol. The third kappa shape index (κ3) is 3.82. The van der Waals surface area contributed by atoms with Gasteiger partial charge in [-0.15, -0.1) is 0 Å². The van der Waals surface area contributed by atoms with Crippen LogP contribution in [-0.2, 0) is 9.47 Å². The van der Waals surface area contributed by atoms with E-state index in [0.717, 1.165) is 48.4 Å². The Balaban J connectivity index is 1.46. The number of amides is 1. The molecule has 3 heterocycles. The molecule has 0 unspecified atom stereocenters. The molecule has 4 rings (SSSR count). The predicted octanol–water partition coefficient (Wildman–Crippen LogP) is 3.29. The van der Waals surface area contributed by atoms with Crippen molar-refractivity contribution >= 4 is 17.3 Å². The number of piperidine rings is 1. The topological polar surface area (TPSA) is 63.7 Å². The van der Waals surface area contributed by atoms with Crippen molar-refractivity contribution in [2.75, 3.05) is 36.5 Å². The molecular formula is C21H25N3O3. The third-order valence-corrected chi connectivity index (χ3v) is 5.33. The van der Waals surface area contributed by atoms with Gasteiger partial charge in [-0.05, 0) is 37.1 Å². The zero-order valence-corrected chi connectivity index (χ0v) is 15.8. The molecule has 1 aromatic heterocycles. The second-order valence-corrected chi connectivity index (χ2v) is 7.30. The summed E-state index contributed by atoms with van der Waals surface area (Å²) in [6.07, 6.45) is 5.07. The Labute approximate surface area is 159 Å². The first-order valence-corrected chi connectivity index (χ1v) is 9.41. The van der Waals surface area contributed by atoms with E-state index in [2.05, 4.69) is 15.2 Å². The summed E-state index contributed by atoms with van der Waals surface area (Å²) in [7, 11) is 0. The predicted molar refractivity (Wildman–Crippen MR) is 104 cm³/mol. The Kier molecular flexibility index (Phi) is 4.85. The smallest absolute Gasteiger partial charge is 0.257 e. The lowest BCUT2D eigenvalue weighted by molar-refractivity contribution is -0.169. The van der Waals surface area contributed by atoms with Crippen molar-refractivity contribution in [3.8, 4) is 0 Å². The normalized spacial score (nSPS) is 18.7. The molecule has 2 aliphatic rings. The number of anilines is 2. The third-order valence-electron chi connectivity index (χ3n) is 5.33. The zero-order chi connectivity index (χ0) is 18.9. The van der Waals surface area contributed by atoms with Gasteiger partial charge >= 0.3 is 0 Å². The summed E-state index contributed by atoms with van der Waals surface area (Å²) in [5.41, 5.74) is 4.50. The van der Waals surface area contributed by atoms with Crippen LogP contribution in [0.3, 0.4) is 0 Å². The maximum Gasteiger partial charge on any atom is 0.257 e.